The van der Waals surface area contributed by atoms with E-state index >= 15 is 0 Å². The summed E-state index contributed by atoms with van der Waals surface area (Å²) in [7, 11) is 0.940. The fourth-order valence-corrected chi connectivity index (χ4v) is 1.71. The highest BCUT2D eigenvalue weighted by Crippen LogP contribution is 2.39. The van der Waals surface area contributed by atoms with Crippen LogP contribution >= 0.6 is 0 Å². The molecule has 0 aliphatic rings. The molecular formula is C12H12F5NO3. The zero-order chi connectivity index (χ0) is 16.2. The third-order valence-corrected chi connectivity index (χ3v) is 2.49. The molecule has 1 rings (SSSR count). The minimum absolute atomic E-state index is 0.0511. The van der Waals surface area contributed by atoms with E-state index in [2.05, 4.69) is 14.5 Å². The summed E-state index contributed by atoms with van der Waals surface area (Å²) in [5, 5.41) is 0. The molecule has 1 aromatic rings. The maximum absolute atomic E-state index is 12.9. The molecule has 1 heterocycles. The summed E-state index contributed by atoms with van der Waals surface area (Å²) >= 11 is 0. The average Bonchev–Trinajstić information content (AvgIpc) is 2.36. The lowest BCUT2D eigenvalue weighted by molar-refractivity contribution is -0.144. The fourth-order valence-electron chi connectivity index (χ4n) is 1.71. The number of aromatic nitrogens is 1. The number of hydrogen-bond acceptors (Lipinski definition) is 4. The van der Waals surface area contributed by atoms with Crippen molar-refractivity contribution in [3.8, 4) is 5.75 Å². The highest BCUT2D eigenvalue weighted by atomic mass is 19.4. The Balaban J connectivity index is 3.44. The van der Waals surface area contributed by atoms with E-state index in [4.69, 9.17) is 0 Å². The van der Waals surface area contributed by atoms with Crippen molar-refractivity contribution in [3.05, 3.63) is 23.0 Å². The van der Waals surface area contributed by atoms with Gasteiger partial charge in [-0.3, -0.25) is 9.78 Å². The molecule has 0 saturated carbocycles. The van der Waals surface area contributed by atoms with Crippen LogP contribution in [-0.2, 0) is 22.1 Å². The molecule has 1 aromatic heterocycles. The van der Waals surface area contributed by atoms with Crippen molar-refractivity contribution in [1.29, 1.82) is 0 Å². The number of carbonyl (C=O) groups is 1. The Bertz CT molecular complexity index is 516. The topological polar surface area (TPSA) is 48.4 Å². The zero-order valence-electron chi connectivity index (χ0n) is 11.1. The lowest BCUT2D eigenvalue weighted by Crippen LogP contribution is -2.18. The molecule has 0 spiro atoms. The molecule has 9 heteroatoms. The number of nitrogens with zero attached hydrogens (tertiary/aromatic N) is 1. The SMILES string of the molecule is CCOC(=O)Cc1c(C(F)(F)F)ncc(C(F)F)c1OC. The molecule has 4 nitrogen and oxygen atoms in total. The Morgan fingerprint density at radius 2 is 2.00 bits per heavy atom. The van der Waals surface area contributed by atoms with E-state index < -0.39 is 47.6 Å². The molecule has 0 aromatic carbocycles. The van der Waals surface area contributed by atoms with Crippen molar-refractivity contribution in [2.45, 2.75) is 25.9 Å². The number of ether oxygens (including phenoxy) is 2. The van der Waals surface area contributed by atoms with Gasteiger partial charge in [0, 0.05) is 11.8 Å². The number of carbonyl (C=O) groups excluding carboxylic acids is 1. The molecule has 0 amide bonds. The number of esters is 1. The first-order chi connectivity index (χ1) is 9.72. The fraction of sp³-hybridized carbons (Fsp3) is 0.500. The molecule has 0 radical (unpaired) electrons. The van der Waals surface area contributed by atoms with Crippen LogP contribution in [0.4, 0.5) is 22.0 Å². The summed E-state index contributed by atoms with van der Waals surface area (Å²) in [6, 6.07) is 0. The zero-order valence-corrected chi connectivity index (χ0v) is 11.1. The van der Waals surface area contributed by atoms with Gasteiger partial charge < -0.3 is 9.47 Å². The third kappa shape index (κ3) is 4.02. The van der Waals surface area contributed by atoms with Crippen LogP contribution in [0.5, 0.6) is 5.75 Å². The van der Waals surface area contributed by atoms with Crippen LogP contribution < -0.4 is 4.74 Å². The van der Waals surface area contributed by atoms with E-state index in [0.29, 0.717) is 6.20 Å². The van der Waals surface area contributed by atoms with Crippen molar-refractivity contribution in [1.82, 2.24) is 4.98 Å². The van der Waals surface area contributed by atoms with Gasteiger partial charge in [0.1, 0.15) is 5.75 Å². The van der Waals surface area contributed by atoms with Crippen molar-refractivity contribution in [2.75, 3.05) is 13.7 Å². The van der Waals surface area contributed by atoms with Crippen molar-refractivity contribution >= 4 is 5.97 Å². The quantitative estimate of drug-likeness (QED) is 0.619. The van der Waals surface area contributed by atoms with Crippen LogP contribution in [-0.4, -0.2) is 24.7 Å². The summed E-state index contributed by atoms with van der Waals surface area (Å²) in [5.74, 6) is -1.70. The second-order valence-corrected chi connectivity index (χ2v) is 3.85. The average molecular weight is 313 g/mol. The summed E-state index contributed by atoms with van der Waals surface area (Å²) in [6.45, 7) is 1.41. The summed E-state index contributed by atoms with van der Waals surface area (Å²) in [4.78, 5) is 14.4. The van der Waals surface area contributed by atoms with Gasteiger partial charge in [0.15, 0.2) is 5.69 Å². The van der Waals surface area contributed by atoms with Gasteiger partial charge in [-0.2, -0.15) is 13.2 Å². The lowest BCUT2D eigenvalue weighted by atomic mass is 10.0. The smallest absolute Gasteiger partial charge is 0.433 e. The number of hydrogen-bond donors (Lipinski definition) is 0. The molecule has 0 bridgehead atoms. The Kier molecular flexibility index (Phi) is 5.45. The first kappa shape index (κ1) is 17.1. The molecule has 0 atom stereocenters. The van der Waals surface area contributed by atoms with Crippen LogP contribution in [0.2, 0.25) is 0 Å². The van der Waals surface area contributed by atoms with E-state index in [0.717, 1.165) is 7.11 Å². The van der Waals surface area contributed by atoms with Gasteiger partial charge in [-0.15, -0.1) is 0 Å². The van der Waals surface area contributed by atoms with E-state index in [1.807, 2.05) is 0 Å². The van der Waals surface area contributed by atoms with Gasteiger partial charge in [0.05, 0.1) is 25.7 Å². The van der Waals surface area contributed by atoms with Gasteiger partial charge in [-0.1, -0.05) is 0 Å². The Morgan fingerprint density at radius 3 is 2.43 bits per heavy atom. The number of halogens is 5. The Labute approximate surface area is 116 Å². The van der Waals surface area contributed by atoms with Crippen molar-refractivity contribution in [2.24, 2.45) is 0 Å². The van der Waals surface area contributed by atoms with E-state index in [1.165, 1.54) is 6.92 Å². The monoisotopic (exact) mass is 313 g/mol. The van der Waals surface area contributed by atoms with Crippen LogP contribution in [0.25, 0.3) is 0 Å². The minimum atomic E-state index is -4.91. The summed E-state index contributed by atoms with van der Waals surface area (Å²) in [6.07, 6.45) is -8.47. The second kappa shape index (κ2) is 6.68. The second-order valence-electron chi connectivity index (χ2n) is 3.85. The largest absolute Gasteiger partial charge is 0.496 e. The van der Waals surface area contributed by atoms with E-state index in [-0.39, 0.29) is 6.61 Å². The predicted molar refractivity (Wildman–Crippen MR) is 61.1 cm³/mol. The predicted octanol–water partition coefficient (Wildman–Crippen LogP) is 3.15. The molecule has 0 aliphatic heterocycles. The van der Waals surface area contributed by atoms with Crippen LogP contribution in [0.15, 0.2) is 6.20 Å². The van der Waals surface area contributed by atoms with E-state index in [9.17, 15) is 26.7 Å². The van der Waals surface area contributed by atoms with Crippen LogP contribution in [0.3, 0.4) is 0 Å². The third-order valence-electron chi connectivity index (χ3n) is 2.49. The maximum Gasteiger partial charge on any atom is 0.433 e. The summed E-state index contributed by atoms with van der Waals surface area (Å²) < 4.78 is 73.4. The Hall–Kier alpha value is -1.93. The highest BCUT2D eigenvalue weighted by molar-refractivity contribution is 5.74. The number of rotatable bonds is 5. The molecule has 0 aliphatic carbocycles. The summed E-state index contributed by atoms with van der Waals surface area (Å²) in [5.41, 5.74) is -3.03. The minimum Gasteiger partial charge on any atom is -0.496 e. The first-order valence-corrected chi connectivity index (χ1v) is 5.79. The van der Waals surface area contributed by atoms with Gasteiger partial charge >= 0.3 is 12.1 Å². The molecule has 0 saturated heterocycles. The maximum atomic E-state index is 12.9. The standard InChI is InChI=1S/C12H12F5NO3/c1-3-21-8(19)4-6-9(20-2)7(11(13)14)5-18-10(6)12(15,16)17/h5,11H,3-4H2,1-2H3. The molecule has 0 unspecified atom stereocenters. The highest BCUT2D eigenvalue weighted by Gasteiger charge is 2.39. The van der Waals surface area contributed by atoms with Gasteiger partial charge in [0.2, 0.25) is 0 Å². The molecule has 0 fully saturated rings. The van der Waals surface area contributed by atoms with Crippen LogP contribution in [0.1, 0.15) is 30.2 Å². The van der Waals surface area contributed by atoms with Crippen LogP contribution in [0, 0.1) is 0 Å². The lowest BCUT2D eigenvalue weighted by Gasteiger charge is -2.17. The van der Waals surface area contributed by atoms with Gasteiger partial charge in [0.25, 0.3) is 6.43 Å². The number of methoxy groups -OCH3 is 1. The number of alkyl halides is 5. The number of pyridine rings is 1. The van der Waals surface area contributed by atoms with Crippen molar-refractivity contribution < 1.29 is 36.2 Å². The normalized spacial score (nSPS) is 11.6. The van der Waals surface area contributed by atoms with E-state index in [1.54, 1.807) is 0 Å². The van der Waals surface area contributed by atoms with Gasteiger partial charge in [-0.05, 0) is 6.92 Å². The van der Waals surface area contributed by atoms with Crippen molar-refractivity contribution in [3.63, 3.8) is 0 Å². The first-order valence-electron chi connectivity index (χ1n) is 5.79. The molecular weight excluding hydrogens is 301 g/mol. The molecule has 21 heavy (non-hydrogen) atoms. The molecule has 0 N–H and O–H groups in total. The molecule has 118 valence electrons. The Morgan fingerprint density at radius 1 is 1.38 bits per heavy atom. The van der Waals surface area contributed by atoms with Gasteiger partial charge in [-0.25, -0.2) is 8.78 Å².